The Hall–Kier alpha value is -2.90. The van der Waals surface area contributed by atoms with Crippen LogP contribution in [0.1, 0.15) is 60.5 Å². The highest BCUT2D eigenvalue weighted by Gasteiger charge is 2.30. The molecule has 1 saturated heterocycles. The van der Waals surface area contributed by atoms with Crippen molar-refractivity contribution in [3.8, 4) is 0 Å². The smallest absolute Gasteiger partial charge is 0.280 e. The molecule has 0 spiro atoms. The van der Waals surface area contributed by atoms with Crippen molar-refractivity contribution in [2.75, 3.05) is 13.1 Å². The molecule has 3 aromatic rings. The first-order chi connectivity index (χ1) is 13.9. The fraction of sp³-hybridized carbons (Fsp3) is 0.429. The van der Waals surface area contributed by atoms with Crippen LogP contribution in [0.4, 0.5) is 8.78 Å². The monoisotopic (exact) mass is 399 g/mol. The third-order valence-electron chi connectivity index (χ3n) is 5.62. The van der Waals surface area contributed by atoms with Crippen LogP contribution in [-0.4, -0.2) is 43.5 Å². The van der Waals surface area contributed by atoms with Gasteiger partial charge in [-0.25, -0.2) is 13.8 Å². The maximum Gasteiger partial charge on any atom is 0.280 e. The van der Waals surface area contributed by atoms with E-state index in [4.69, 9.17) is 0 Å². The molecule has 1 fully saturated rings. The van der Waals surface area contributed by atoms with E-state index >= 15 is 0 Å². The molecular weight excluding hydrogens is 376 g/mol. The summed E-state index contributed by atoms with van der Waals surface area (Å²) in [5.74, 6) is -0.138. The van der Waals surface area contributed by atoms with Gasteiger partial charge in [0.15, 0.2) is 0 Å². The Morgan fingerprint density at radius 1 is 1.24 bits per heavy atom. The van der Waals surface area contributed by atoms with Crippen LogP contribution in [0.2, 0.25) is 0 Å². The number of nitrogens with zero attached hydrogens (tertiary/aromatic N) is 5. The highest BCUT2D eigenvalue weighted by Crippen LogP contribution is 2.30. The molecule has 1 aliphatic rings. The number of halogens is 2. The molecule has 4 rings (SSSR count). The first-order valence-corrected chi connectivity index (χ1v) is 9.78. The second-order valence-electron chi connectivity index (χ2n) is 7.63. The molecule has 3 heterocycles. The topological polar surface area (TPSA) is 63.4 Å². The lowest BCUT2D eigenvalue weighted by Gasteiger charge is -2.34. The summed E-state index contributed by atoms with van der Waals surface area (Å²) in [7, 11) is 0. The van der Waals surface area contributed by atoms with E-state index in [1.54, 1.807) is 0 Å². The predicted octanol–water partition coefficient (Wildman–Crippen LogP) is 3.88. The Balaban J connectivity index is 1.56. The zero-order valence-corrected chi connectivity index (χ0v) is 16.4. The van der Waals surface area contributed by atoms with E-state index in [-0.39, 0.29) is 29.2 Å². The third kappa shape index (κ3) is 3.83. The summed E-state index contributed by atoms with van der Waals surface area (Å²) >= 11 is 0. The molecule has 2 atom stereocenters. The number of alkyl halides is 2. The van der Waals surface area contributed by atoms with Gasteiger partial charge in [0.25, 0.3) is 12.2 Å². The molecule has 0 unspecified atom stereocenters. The van der Waals surface area contributed by atoms with Crippen molar-refractivity contribution in [1.29, 1.82) is 0 Å². The highest BCUT2D eigenvalue weighted by molar-refractivity contribution is 5.83. The average Bonchev–Trinajstić information content (AvgIpc) is 3.21. The second-order valence-corrected chi connectivity index (χ2v) is 7.63. The summed E-state index contributed by atoms with van der Waals surface area (Å²) in [4.78, 5) is 23.3. The van der Waals surface area contributed by atoms with Crippen LogP contribution in [0, 0.1) is 6.92 Å². The summed E-state index contributed by atoms with van der Waals surface area (Å²) in [5.41, 5.74) is 2.45. The van der Waals surface area contributed by atoms with Gasteiger partial charge in [0.05, 0.1) is 11.6 Å². The molecule has 8 heteroatoms. The minimum absolute atomic E-state index is 0.0520. The Morgan fingerprint density at radius 2 is 2.00 bits per heavy atom. The van der Waals surface area contributed by atoms with Gasteiger partial charge in [-0.05, 0) is 38.3 Å². The Morgan fingerprint density at radius 3 is 2.72 bits per heavy atom. The lowest BCUT2D eigenvalue weighted by molar-refractivity contribution is -0.133. The van der Waals surface area contributed by atoms with Gasteiger partial charge in [0.1, 0.15) is 12.0 Å². The lowest BCUT2D eigenvalue weighted by atomic mass is 9.92. The molecule has 152 valence electrons. The number of aromatic nitrogens is 4. The Bertz CT molecular complexity index is 1020. The fourth-order valence-corrected chi connectivity index (χ4v) is 3.91. The molecule has 0 aliphatic carbocycles. The normalized spacial score (nSPS) is 18.4. The molecule has 2 aromatic heterocycles. The molecule has 0 saturated carbocycles. The number of rotatable bonds is 4. The van der Waals surface area contributed by atoms with Gasteiger partial charge in [-0.15, -0.1) is 0 Å². The molecule has 29 heavy (non-hydrogen) atoms. The molecule has 1 amide bonds. The van der Waals surface area contributed by atoms with Crippen molar-refractivity contribution < 1.29 is 13.6 Å². The maximum atomic E-state index is 13.5. The zero-order chi connectivity index (χ0) is 20.5. The van der Waals surface area contributed by atoms with Crippen LogP contribution in [-0.2, 0) is 4.79 Å². The minimum atomic E-state index is -2.68. The number of fused-ring (bicyclic) bond motifs is 1. The lowest BCUT2D eigenvalue weighted by Crippen LogP contribution is -2.41. The van der Waals surface area contributed by atoms with E-state index in [1.807, 2.05) is 43.0 Å². The van der Waals surface area contributed by atoms with Gasteiger partial charge < -0.3 is 4.90 Å². The number of hydrogen-bond acceptors (Lipinski definition) is 4. The quantitative estimate of drug-likeness (QED) is 0.668. The van der Waals surface area contributed by atoms with Gasteiger partial charge >= 0.3 is 0 Å². The highest BCUT2D eigenvalue weighted by atomic mass is 19.3. The van der Waals surface area contributed by atoms with Gasteiger partial charge in [-0.3, -0.25) is 4.79 Å². The van der Waals surface area contributed by atoms with E-state index in [0.29, 0.717) is 18.8 Å². The van der Waals surface area contributed by atoms with Crippen molar-refractivity contribution in [3.05, 3.63) is 59.2 Å². The number of aryl methyl sites for hydroxylation is 1. The van der Waals surface area contributed by atoms with Crippen molar-refractivity contribution in [2.24, 2.45) is 0 Å². The van der Waals surface area contributed by atoms with Crippen LogP contribution in [0.25, 0.3) is 5.78 Å². The number of piperidine rings is 1. The number of amides is 1. The number of benzene rings is 1. The van der Waals surface area contributed by atoms with Gasteiger partial charge in [0.2, 0.25) is 5.91 Å². The summed E-state index contributed by atoms with van der Waals surface area (Å²) in [6, 6.07) is 9.36. The van der Waals surface area contributed by atoms with E-state index in [2.05, 4.69) is 15.1 Å². The standard InChI is InChI=1S/C21H23F2N5O/c1-13-5-7-15(8-6-13)14(2)20(29)27-9-3-4-16(11-27)17-10-18(19(22)23)28-21(26-17)24-12-25-28/h5-8,10,12,14,16,19H,3-4,9,11H2,1-2H3/t14-,16-/m0/s1. The molecule has 6 nitrogen and oxygen atoms in total. The molecule has 0 bridgehead atoms. The summed E-state index contributed by atoms with van der Waals surface area (Å²) < 4.78 is 28.0. The Kier molecular flexibility index (Phi) is 5.25. The minimum Gasteiger partial charge on any atom is -0.342 e. The summed E-state index contributed by atoms with van der Waals surface area (Å²) in [6.45, 7) is 5.06. The largest absolute Gasteiger partial charge is 0.342 e. The van der Waals surface area contributed by atoms with Gasteiger partial charge in [-0.2, -0.15) is 14.6 Å². The number of likely N-dealkylation sites (tertiary alicyclic amines) is 1. The van der Waals surface area contributed by atoms with Crippen LogP contribution < -0.4 is 0 Å². The van der Waals surface area contributed by atoms with Crippen molar-refractivity contribution in [1.82, 2.24) is 24.5 Å². The zero-order valence-electron chi connectivity index (χ0n) is 16.4. The fourth-order valence-electron chi connectivity index (χ4n) is 3.91. The van der Waals surface area contributed by atoms with Crippen molar-refractivity contribution in [3.63, 3.8) is 0 Å². The number of carbonyl (C=O) groups excluding carboxylic acids is 1. The van der Waals surface area contributed by atoms with E-state index in [9.17, 15) is 13.6 Å². The van der Waals surface area contributed by atoms with E-state index in [1.165, 1.54) is 12.4 Å². The first-order valence-electron chi connectivity index (χ1n) is 9.78. The third-order valence-corrected chi connectivity index (χ3v) is 5.62. The number of carbonyl (C=O) groups is 1. The number of hydrogen-bond donors (Lipinski definition) is 0. The van der Waals surface area contributed by atoms with E-state index < -0.39 is 6.43 Å². The van der Waals surface area contributed by atoms with Crippen molar-refractivity contribution in [2.45, 2.75) is 45.0 Å². The van der Waals surface area contributed by atoms with Crippen LogP contribution in [0.15, 0.2) is 36.7 Å². The SMILES string of the molecule is Cc1ccc([C@H](C)C(=O)N2CCC[C@H](c3cc(C(F)F)n4ncnc4n3)C2)cc1. The molecule has 0 N–H and O–H groups in total. The summed E-state index contributed by atoms with van der Waals surface area (Å²) in [6.07, 6.45) is 0.144. The Labute approximate surface area is 167 Å². The molecule has 1 aromatic carbocycles. The average molecular weight is 399 g/mol. The van der Waals surface area contributed by atoms with Crippen LogP contribution >= 0.6 is 0 Å². The van der Waals surface area contributed by atoms with Gasteiger partial charge in [-0.1, -0.05) is 29.8 Å². The first kappa shape index (κ1) is 19.4. The molecule has 1 aliphatic heterocycles. The summed E-state index contributed by atoms with van der Waals surface area (Å²) in [5, 5.41) is 3.83. The van der Waals surface area contributed by atoms with Crippen LogP contribution in [0.3, 0.4) is 0 Å². The van der Waals surface area contributed by atoms with Crippen molar-refractivity contribution >= 4 is 11.7 Å². The molecular formula is C21H23F2N5O. The van der Waals surface area contributed by atoms with E-state index in [0.717, 1.165) is 28.5 Å². The van der Waals surface area contributed by atoms with Crippen LogP contribution in [0.5, 0.6) is 0 Å². The second kappa shape index (κ2) is 7.85. The maximum absolute atomic E-state index is 13.5. The molecule has 0 radical (unpaired) electrons. The predicted molar refractivity (Wildman–Crippen MR) is 104 cm³/mol. The van der Waals surface area contributed by atoms with Gasteiger partial charge in [0, 0.05) is 19.0 Å².